The zero-order valence-electron chi connectivity index (χ0n) is 9.81. The highest BCUT2D eigenvalue weighted by Gasteiger charge is 2.06. The third-order valence-electron chi connectivity index (χ3n) is 2.72. The monoisotopic (exact) mass is 246 g/mol. The number of aromatic nitrogens is 1. The van der Waals surface area contributed by atoms with Crippen molar-refractivity contribution in [3.05, 3.63) is 59.9 Å². The van der Waals surface area contributed by atoms with E-state index in [1.54, 1.807) is 0 Å². The number of alkyl halides is 1. The van der Waals surface area contributed by atoms with Crippen LogP contribution < -0.4 is 4.90 Å². The maximum Gasteiger partial charge on any atom is 0.0494 e. The molecule has 0 unspecified atom stereocenters. The molecule has 1 aromatic heterocycles. The number of rotatable bonds is 4. The number of benzene rings is 1. The Hall–Kier alpha value is -1.54. The van der Waals surface area contributed by atoms with Crippen LogP contribution in [0.5, 0.6) is 0 Å². The highest BCUT2D eigenvalue weighted by molar-refractivity contribution is 6.17. The fourth-order valence-corrected chi connectivity index (χ4v) is 2.07. The summed E-state index contributed by atoms with van der Waals surface area (Å²) in [5.74, 6) is 0.539. The van der Waals surface area contributed by atoms with Crippen LogP contribution in [0.4, 0.5) is 5.69 Å². The molecule has 1 heterocycles. The Bertz CT molecular complexity index is 471. The lowest BCUT2D eigenvalue weighted by Crippen LogP contribution is -2.17. The van der Waals surface area contributed by atoms with Gasteiger partial charge in [0.05, 0.1) is 0 Å². The van der Waals surface area contributed by atoms with Gasteiger partial charge in [0.25, 0.3) is 0 Å². The first-order chi connectivity index (χ1) is 8.31. The molecule has 88 valence electrons. The van der Waals surface area contributed by atoms with Gasteiger partial charge in [-0.25, -0.2) is 0 Å². The molecule has 0 aliphatic carbocycles. The SMILES string of the molecule is CN(Cc1ccncc1)c1ccccc1CCl. The van der Waals surface area contributed by atoms with Crippen molar-refractivity contribution in [2.45, 2.75) is 12.4 Å². The molecular weight excluding hydrogens is 232 g/mol. The summed E-state index contributed by atoms with van der Waals surface area (Å²) in [5, 5.41) is 0. The fourth-order valence-electron chi connectivity index (χ4n) is 1.84. The van der Waals surface area contributed by atoms with Gasteiger partial charge in [0.15, 0.2) is 0 Å². The first-order valence-electron chi connectivity index (χ1n) is 5.55. The van der Waals surface area contributed by atoms with Gasteiger partial charge in [-0.2, -0.15) is 0 Å². The average molecular weight is 247 g/mol. The van der Waals surface area contributed by atoms with Gasteiger partial charge in [-0.3, -0.25) is 4.98 Å². The molecule has 0 amide bonds. The lowest BCUT2D eigenvalue weighted by molar-refractivity contribution is 0.913. The number of anilines is 1. The quantitative estimate of drug-likeness (QED) is 0.768. The average Bonchev–Trinajstić information content (AvgIpc) is 2.40. The van der Waals surface area contributed by atoms with Crippen LogP contribution in [-0.4, -0.2) is 12.0 Å². The minimum absolute atomic E-state index is 0.539. The van der Waals surface area contributed by atoms with Crippen molar-refractivity contribution < 1.29 is 0 Å². The van der Waals surface area contributed by atoms with Gasteiger partial charge >= 0.3 is 0 Å². The Kier molecular flexibility index (Phi) is 3.99. The fraction of sp³-hybridized carbons (Fsp3) is 0.214. The van der Waals surface area contributed by atoms with Crippen molar-refractivity contribution in [1.29, 1.82) is 0 Å². The number of halogens is 1. The predicted molar refractivity (Wildman–Crippen MR) is 72.3 cm³/mol. The van der Waals surface area contributed by atoms with E-state index in [4.69, 9.17) is 11.6 Å². The largest absolute Gasteiger partial charge is 0.370 e. The highest BCUT2D eigenvalue weighted by Crippen LogP contribution is 2.22. The molecule has 0 saturated carbocycles. The number of pyridine rings is 1. The zero-order valence-corrected chi connectivity index (χ0v) is 10.6. The number of hydrogen-bond acceptors (Lipinski definition) is 2. The van der Waals surface area contributed by atoms with Crippen LogP contribution in [0.2, 0.25) is 0 Å². The summed E-state index contributed by atoms with van der Waals surface area (Å²) in [5.41, 5.74) is 3.58. The van der Waals surface area contributed by atoms with E-state index in [0.717, 1.165) is 12.1 Å². The molecule has 0 N–H and O–H groups in total. The van der Waals surface area contributed by atoms with Crippen LogP contribution in [0.15, 0.2) is 48.8 Å². The maximum atomic E-state index is 5.94. The number of nitrogens with zero attached hydrogens (tertiary/aromatic N) is 2. The normalized spacial score (nSPS) is 10.2. The van der Waals surface area contributed by atoms with E-state index < -0.39 is 0 Å². The van der Waals surface area contributed by atoms with Crippen LogP contribution in [0, 0.1) is 0 Å². The molecule has 0 fully saturated rings. The molecule has 3 heteroatoms. The van der Waals surface area contributed by atoms with Crippen molar-refractivity contribution in [2.24, 2.45) is 0 Å². The Balaban J connectivity index is 2.17. The number of hydrogen-bond donors (Lipinski definition) is 0. The summed E-state index contributed by atoms with van der Waals surface area (Å²) in [6.07, 6.45) is 3.63. The van der Waals surface area contributed by atoms with Gasteiger partial charge in [0.2, 0.25) is 0 Å². The second-order valence-corrected chi connectivity index (χ2v) is 4.24. The maximum absolute atomic E-state index is 5.94. The van der Waals surface area contributed by atoms with E-state index in [0.29, 0.717) is 5.88 Å². The molecule has 0 radical (unpaired) electrons. The van der Waals surface area contributed by atoms with Crippen molar-refractivity contribution in [1.82, 2.24) is 4.98 Å². The molecule has 1 aromatic carbocycles. The first-order valence-corrected chi connectivity index (χ1v) is 6.08. The molecule has 0 spiro atoms. The molecule has 0 aliphatic rings. The van der Waals surface area contributed by atoms with Gasteiger partial charge in [0.1, 0.15) is 0 Å². The zero-order chi connectivity index (χ0) is 12.1. The van der Waals surface area contributed by atoms with E-state index in [2.05, 4.69) is 29.1 Å². The smallest absolute Gasteiger partial charge is 0.0494 e. The van der Waals surface area contributed by atoms with Crippen LogP contribution >= 0.6 is 11.6 Å². The Morgan fingerprint density at radius 1 is 1.12 bits per heavy atom. The standard InChI is InChI=1S/C14H15ClN2/c1-17(11-12-6-8-16-9-7-12)14-5-3-2-4-13(14)10-15/h2-9H,10-11H2,1H3. The van der Waals surface area contributed by atoms with Crippen molar-refractivity contribution >= 4 is 17.3 Å². The number of para-hydroxylation sites is 1. The van der Waals surface area contributed by atoms with Gasteiger partial charge in [0, 0.05) is 37.6 Å². The highest BCUT2D eigenvalue weighted by atomic mass is 35.5. The lowest BCUT2D eigenvalue weighted by Gasteiger charge is -2.21. The minimum Gasteiger partial charge on any atom is -0.370 e. The Morgan fingerprint density at radius 3 is 2.53 bits per heavy atom. The molecule has 0 aliphatic heterocycles. The summed E-state index contributed by atoms with van der Waals surface area (Å²) in [4.78, 5) is 6.22. The molecule has 2 aromatic rings. The van der Waals surface area contributed by atoms with E-state index in [1.807, 2.05) is 36.7 Å². The first kappa shape index (κ1) is 11.9. The van der Waals surface area contributed by atoms with Crippen molar-refractivity contribution in [2.75, 3.05) is 11.9 Å². The van der Waals surface area contributed by atoms with Crippen molar-refractivity contribution in [3.8, 4) is 0 Å². The minimum atomic E-state index is 0.539. The van der Waals surface area contributed by atoms with Gasteiger partial charge in [-0.1, -0.05) is 18.2 Å². The summed E-state index contributed by atoms with van der Waals surface area (Å²) in [6.45, 7) is 0.858. The molecule has 0 atom stereocenters. The van der Waals surface area contributed by atoms with Gasteiger partial charge in [-0.15, -0.1) is 11.6 Å². The third-order valence-corrected chi connectivity index (χ3v) is 3.00. The van der Waals surface area contributed by atoms with Crippen LogP contribution in [0.25, 0.3) is 0 Å². The summed E-state index contributed by atoms with van der Waals surface area (Å²) < 4.78 is 0. The Labute approximate surface area is 107 Å². The third kappa shape index (κ3) is 2.98. The molecular formula is C14H15ClN2. The lowest BCUT2D eigenvalue weighted by atomic mass is 10.1. The van der Waals surface area contributed by atoms with E-state index in [-0.39, 0.29) is 0 Å². The topological polar surface area (TPSA) is 16.1 Å². The predicted octanol–water partition coefficient (Wildman–Crippen LogP) is 3.46. The van der Waals surface area contributed by atoms with Gasteiger partial charge < -0.3 is 4.90 Å². The second-order valence-electron chi connectivity index (χ2n) is 3.97. The molecule has 17 heavy (non-hydrogen) atoms. The van der Waals surface area contributed by atoms with Crippen LogP contribution in [0.1, 0.15) is 11.1 Å². The van der Waals surface area contributed by atoms with Gasteiger partial charge in [-0.05, 0) is 29.3 Å². The Morgan fingerprint density at radius 2 is 1.82 bits per heavy atom. The second kappa shape index (κ2) is 5.69. The van der Waals surface area contributed by atoms with Crippen LogP contribution in [0.3, 0.4) is 0 Å². The summed E-state index contributed by atoms with van der Waals surface area (Å²) in [7, 11) is 2.08. The summed E-state index contributed by atoms with van der Waals surface area (Å²) >= 11 is 5.94. The molecule has 2 rings (SSSR count). The van der Waals surface area contributed by atoms with Crippen LogP contribution in [-0.2, 0) is 12.4 Å². The molecule has 2 nitrogen and oxygen atoms in total. The van der Waals surface area contributed by atoms with E-state index in [9.17, 15) is 0 Å². The van der Waals surface area contributed by atoms with E-state index in [1.165, 1.54) is 11.3 Å². The molecule has 0 saturated heterocycles. The van der Waals surface area contributed by atoms with E-state index >= 15 is 0 Å². The molecule has 0 bridgehead atoms. The summed E-state index contributed by atoms with van der Waals surface area (Å²) in [6, 6.07) is 12.3. The van der Waals surface area contributed by atoms with Crippen molar-refractivity contribution in [3.63, 3.8) is 0 Å².